The van der Waals surface area contributed by atoms with Crippen LogP contribution < -0.4 is 11.3 Å². The van der Waals surface area contributed by atoms with Crippen molar-refractivity contribution in [2.75, 3.05) is 0 Å². The standard InChI is InChI=1S/C16H23BrN2S/c1-15-3-10-2-11(4-15)6-16(5-10,9-15)14(19-18)12-7-20-8-13(12)17/h7-8,10-11,14,19H,2-6,9,18H2,1H3. The molecule has 0 saturated heterocycles. The molecular formula is C16H23BrN2S. The van der Waals surface area contributed by atoms with Gasteiger partial charge in [0, 0.05) is 9.85 Å². The Balaban J connectivity index is 1.74. The zero-order valence-electron chi connectivity index (χ0n) is 12.0. The van der Waals surface area contributed by atoms with Crippen LogP contribution in [-0.2, 0) is 0 Å². The van der Waals surface area contributed by atoms with Crippen LogP contribution in [0.3, 0.4) is 0 Å². The third-order valence-electron chi connectivity index (χ3n) is 6.13. The van der Waals surface area contributed by atoms with Crippen LogP contribution in [-0.4, -0.2) is 0 Å². The number of hydrogen-bond acceptors (Lipinski definition) is 3. The summed E-state index contributed by atoms with van der Waals surface area (Å²) in [5, 5.41) is 4.46. The van der Waals surface area contributed by atoms with Crippen molar-refractivity contribution in [2.24, 2.45) is 28.5 Å². The molecule has 1 heterocycles. The van der Waals surface area contributed by atoms with Crippen molar-refractivity contribution >= 4 is 27.3 Å². The first-order chi connectivity index (χ1) is 9.54. The zero-order chi connectivity index (χ0) is 14.0. The second-order valence-corrected chi connectivity index (χ2v) is 9.51. The van der Waals surface area contributed by atoms with E-state index in [1.54, 1.807) is 11.3 Å². The number of nitrogens with two attached hydrogens (primary N) is 1. The monoisotopic (exact) mass is 354 g/mol. The van der Waals surface area contributed by atoms with Gasteiger partial charge in [0.15, 0.2) is 0 Å². The molecule has 5 rings (SSSR count). The van der Waals surface area contributed by atoms with Gasteiger partial charge in [-0.15, -0.1) is 0 Å². The van der Waals surface area contributed by atoms with Crippen LogP contribution in [0, 0.1) is 22.7 Å². The highest BCUT2D eigenvalue weighted by atomic mass is 79.9. The SMILES string of the molecule is CC12CC3CC(C1)CC(C(NN)c1cscc1Br)(C3)C2. The van der Waals surface area contributed by atoms with Gasteiger partial charge in [-0.25, -0.2) is 0 Å². The Morgan fingerprint density at radius 2 is 2.00 bits per heavy atom. The van der Waals surface area contributed by atoms with Crippen LogP contribution in [0.4, 0.5) is 0 Å². The lowest BCUT2D eigenvalue weighted by Crippen LogP contribution is -2.56. The summed E-state index contributed by atoms with van der Waals surface area (Å²) in [7, 11) is 0. The van der Waals surface area contributed by atoms with E-state index in [2.05, 4.69) is 39.0 Å². The molecular weight excluding hydrogens is 332 g/mol. The average molecular weight is 355 g/mol. The van der Waals surface area contributed by atoms with E-state index in [0.29, 0.717) is 16.9 Å². The molecule has 4 fully saturated rings. The first-order valence-corrected chi connectivity index (χ1v) is 9.45. The number of nitrogens with one attached hydrogen (secondary N) is 1. The number of thiophene rings is 1. The fourth-order valence-electron chi connectivity index (χ4n) is 6.23. The molecule has 4 bridgehead atoms. The first-order valence-electron chi connectivity index (χ1n) is 7.71. The lowest BCUT2D eigenvalue weighted by molar-refractivity contribution is -0.119. The van der Waals surface area contributed by atoms with Crippen LogP contribution in [0.25, 0.3) is 0 Å². The van der Waals surface area contributed by atoms with E-state index < -0.39 is 0 Å². The van der Waals surface area contributed by atoms with Crippen LogP contribution in [0.15, 0.2) is 15.2 Å². The van der Waals surface area contributed by atoms with E-state index >= 15 is 0 Å². The lowest BCUT2D eigenvalue weighted by Gasteiger charge is -2.63. The Hall–Kier alpha value is 0.100. The van der Waals surface area contributed by atoms with Crippen molar-refractivity contribution in [3.8, 4) is 0 Å². The number of halogens is 1. The van der Waals surface area contributed by atoms with Gasteiger partial charge in [0.25, 0.3) is 0 Å². The van der Waals surface area contributed by atoms with E-state index in [1.807, 2.05) is 0 Å². The maximum absolute atomic E-state index is 6.03. The molecule has 4 aliphatic rings. The van der Waals surface area contributed by atoms with Crippen LogP contribution in [0.2, 0.25) is 0 Å². The summed E-state index contributed by atoms with van der Waals surface area (Å²) in [5.41, 5.74) is 5.53. The second kappa shape index (κ2) is 4.55. The molecule has 2 nitrogen and oxygen atoms in total. The summed E-state index contributed by atoms with van der Waals surface area (Å²) < 4.78 is 1.23. The summed E-state index contributed by atoms with van der Waals surface area (Å²) in [6.45, 7) is 2.52. The van der Waals surface area contributed by atoms with Gasteiger partial charge in [-0.2, -0.15) is 11.3 Å². The smallest absolute Gasteiger partial charge is 0.0536 e. The Kier molecular flexibility index (Phi) is 3.12. The second-order valence-electron chi connectivity index (χ2n) is 7.91. The molecule has 4 saturated carbocycles. The minimum absolute atomic E-state index is 0.313. The molecule has 0 spiro atoms. The predicted molar refractivity (Wildman–Crippen MR) is 87.3 cm³/mol. The molecule has 3 N–H and O–H groups in total. The van der Waals surface area contributed by atoms with E-state index in [1.165, 1.54) is 48.6 Å². The predicted octanol–water partition coefficient (Wildman–Crippen LogP) is 4.62. The average Bonchev–Trinajstić information content (AvgIpc) is 2.73. The third kappa shape index (κ3) is 1.95. The highest BCUT2D eigenvalue weighted by Gasteiger charge is 2.58. The largest absolute Gasteiger partial charge is 0.271 e. The molecule has 3 unspecified atom stereocenters. The van der Waals surface area contributed by atoms with Crippen LogP contribution in [0.1, 0.15) is 57.1 Å². The lowest BCUT2D eigenvalue weighted by atomic mass is 9.43. The highest BCUT2D eigenvalue weighted by Crippen LogP contribution is 2.68. The summed E-state index contributed by atoms with van der Waals surface area (Å²) >= 11 is 5.49. The summed E-state index contributed by atoms with van der Waals surface area (Å²) in [6.07, 6.45) is 8.47. The van der Waals surface area contributed by atoms with Crippen LogP contribution in [0.5, 0.6) is 0 Å². The minimum Gasteiger partial charge on any atom is -0.271 e. The number of hydrazine groups is 1. The summed E-state index contributed by atoms with van der Waals surface area (Å²) in [4.78, 5) is 0. The molecule has 0 aromatic carbocycles. The van der Waals surface area contributed by atoms with Gasteiger partial charge in [0.1, 0.15) is 0 Å². The van der Waals surface area contributed by atoms with Gasteiger partial charge < -0.3 is 0 Å². The molecule has 4 aliphatic carbocycles. The van der Waals surface area contributed by atoms with Gasteiger partial charge in [0.05, 0.1) is 6.04 Å². The first kappa shape index (κ1) is 13.7. The van der Waals surface area contributed by atoms with Gasteiger partial charge in [-0.05, 0) is 88.1 Å². The molecule has 0 radical (unpaired) electrons. The van der Waals surface area contributed by atoms with Crippen molar-refractivity contribution in [1.29, 1.82) is 0 Å². The Bertz CT molecular complexity index is 512. The van der Waals surface area contributed by atoms with Gasteiger partial charge >= 0.3 is 0 Å². The van der Waals surface area contributed by atoms with Gasteiger partial charge in [0.2, 0.25) is 0 Å². The third-order valence-corrected chi connectivity index (χ3v) is 7.88. The normalized spacial score (nSPS) is 44.0. The summed E-state index contributed by atoms with van der Waals surface area (Å²) in [5.74, 6) is 7.91. The highest BCUT2D eigenvalue weighted by molar-refractivity contribution is 9.10. The molecule has 4 heteroatoms. The molecule has 0 amide bonds. The fraction of sp³-hybridized carbons (Fsp3) is 0.750. The molecule has 20 heavy (non-hydrogen) atoms. The molecule has 3 atom stereocenters. The van der Waals surface area contributed by atoms with Crippen molar-refractivity contribution < 1.29 is 0 Å². The van der Waals surface area contributed by atoms with Crippen molar-refractivity contribution in [3.63, 3.8) is 0 Å². The Morgan fingerprint density at radius 3 is 2.50 bits per heavy atom. The molecule has 1 aromatic heterocycles. The van der Waals surface area contributed by atoms with Gasteiger partial charge in [-0.1, -0.05) is 6.92 Å². The van der Waals surface area contributed by atoms with Gasteiger partial charge in [-0.3, -0.25) is 11.3 Å². The van der Waals surface area contributed by atoms with E-state index in [9.17, 15) is 0 Å². The van der Waals surface area contributed by atoms with Crippen molar-refractivity contribution in [3.05, 3.63) is 20.8 Å². The maximum Gasteiger partial charge on any atom is 0.0536 e. The van der Waals surface area contributed by atoms with E-state index in [4.69, 9.17) is 5.84 Å². The number of hydrogen-bond donors (Lipinski definition) is 2. The van der Waals surface area contributed by atoms with E-state index in [0.717, 1.165) is 11.8 Å². The number of rotatable bonds is 3. The maximum atomic E-state index is 6.03. The zero-order valence-corrected chi connectivity index (χ0v) is 14.4. The molecule has 110 valence electrons. The quantitative estimate of drug-likeness (QED) is 0.613. The van der Waals surface area contributed by atoms with Crippen molar-refractivity contribution in [1.82, 2.24) is 5.43 Å². The van der Waals surface area contributed by atoms with Crippen LogP contribution >= 0.6 is 27.3 Å². The summed E-state index contributed by atoms with van der Waals surface area (Å²) in [6, 6.07) is 0.313. The Morgan fingerprint density at radius 1 is 1.30 bits per heavy atom. The topological polar surface area (TPSA) is 38.0 Å². The van der Waals surface area contributed by atoms with E-state index in [-0.39, 0.29) is 0 Å². The molecule has 0 aliphatic heterocycles. The minimum atomic E-state index is 0.313. The van der Waals surface area contributed by atoms with Crippen molar-refractivity contribution in [2.45, 2.75) is 51.5 Å². The molecule has 1 aromatic rings. The Labute approximate surface area is 133 Å². The fourth-order valence-corrected chi connectivity index (χ4v) is 7.78.